The molecule has 4 rings (SSSR count). The Morgan fingerprint density at radius 1 is 1.24 bits per heavy atom. The Hall–Kier alpha value is -3.16. The molecule has 0 unspecified atom stereocenters. The molecule has 3 amide bonds. The lowest BCUT2D eigenvalue weighted by Gasteiger charge is -2.18. The number of aromatic amines is 1. The maximum absolute atomic E-state index is 12.9. The second-order valence-corrected chi connectivity index (χ2v) is 6.37. The number of furan rings is 1. The van der Waals surface area contributed by atoms with Crippen molar-refractivity contribution in [1.82, 2.24) is 25.2 Å². The van der Waals surface area contributed by atoms with E-state index in [9.17, 15) is 9.59 Å². The molecule has 1 aliphatic heterocycles. The molecule has 4 heterocycles. The summed E-state index contributed by atoms with van der Waals surface area (Å²) < 4.78 is 5.56. The molecule has 0 bridgehead atoms. The van der Waals surface area contributed by atoms with E-state index in [4.69, 9.17) is 4.42 Å². The minimum atomic E-state index is -1.22. The molecule has 1 aliphatic rings. The largest absolute Gasteiger partial charge is 0.463 e. The predicted molar refractivity (Wildman–Crippen MR) is 88.5 cm³/mol. The molecule has 0 radical (unpaired) electrons. The van der Waals surface area contributed by atoms with E-state index in [0.717, 1.165) is 16.0 Å². The van der Waals surface area contributed by atoms with Crippen LogP contribution in [-0.2, 0) is 16.9 Å². The monoisotopic (exact) mass is 339 g/mol. The van der Waals surface area contributed by atoms with E-state index in [1.807, 2.05) is 13.0 Å². The Morgan fingerprint density at radius 3 is 2.72 bits per heavy atom. The number of nitrogens with zero attached hydrogens (tertiary/aromatic N) is 3. The van der Waals surface area contributed by atoms with Gasteiger partial charge in [-0.1, -0.05) is 0 Å². The van der Waals surface area contributed by atoms with E-state index in [2.05, 4.69) is 20.3 Å². The molecule has 0 aliphatic carbocycles. The predicted octanol–water partition coefficient (Wildman–Crippen LogP) is 2.13. The SMILES string of the molecule is Cc1ccc([C@]2(C)NC(=O)N(Cc3nc4nccc(C)c4[nH]3)C2=O)o1. The quantitative estimate of drug-likeness (QED) is 0.711. The molecular formula is C17H17N5O3. The van der Waals surface area contributed by atoms with Crippen LogP contribution in [0.5, 0.6) is 0 Å². The molecule has 0 saturated carbocycles. The Morgan fingerprint density at radius 2 is 2.04 bits per heavy atom. The summed E-state index contributed by atoms with van der Waals surface area (Å²) in [6, 6.07) is 4.85. The van der Waals surface area contributed by atoms with Crippen molar-refractivity contribution >= 4 is 23.1 Å². The van der Waals surface area contributed by atoms with Crippen LogP contribution in [0.25, 0.3) is 11.2 Å². The van der Waals surface area contributed by atoms with Crippen LogP contribution >= 0.6 is 0 Å². The van der Waals surface area contributed by atoms with E-state index >= 15 is 0 Å². The Labute approximate surface area is 143 Å². The number of pyridine rings is 1. The summed E-state index contributed by atoms with van der Waals surface area (Å²) in [5.41, 5.74) is 1.14. The average molecular weight is 339 g/mol. The van der Waals surface area contributed by atoms with Crippen LogP contribution in [0.4, 0.5) is 4.79 Å². The zero-order valence-corrected chi connectivity index (χ0v) is 14.1. The van der Waals surface area contributed by atoms with Crippen molar-refractivity contribution in [3.8, 4) is 0 Å². The molecule has 2 N–H and O–H groups in total. The first-order valence-electron chi connectivity index (χ1n) is 7.90. The maximum atomic E-state index is 12.9. The standard InChI is InChI=1S/C17H17N5O3/c1-9-6-7-18-14-13(9)19-12(20-14)8-22-15(23)17(3,21-16(22)24)11-5-4-10(2)25-11/h4-7H,8H2,1-3H3,(H,21,24)(H,18,19,20)/t17-/m0/s1. The van der Waals surface area contributed by atoms with E-state index in [0.29, 0.717) is 23.0 Å². The van der Waals surface area contributed by atoms with Gasteiger partial charge in [-0.25, -0.2) is 14.8 Å². The fourth-order valence-corrected chi connectivity index (χ4v) is 3.02. The third-order valence-corrected chi connectivity index (χ3v) is 4.47. The molecular weight excluding hydrogens is 322 g/mol. The highest BCUT2D eigenvalue weighted by atomic mass is 16.3. The number of hydrogen-bond acceptors (Lipinski definition) is 5. The van der Waals surface area contributed by atoms with Gasteiger partial charge in [0.25, 0.3) is 5.91 Å². The first kappa shape index (κ1) is 15.4. The third-order valence-electron chi connectivity index (χ3n) is 4.47. The van der Waals surface area contributed by atoms with Crippen LogP contribution in [0.15, 0.2) is 28.8 Å². The van der Waals surface area contributed by atoms with Crippen LogP contribution in [-0.4, -0.2) is 31.8 Å². The molecule has 0 spiro atoms. The average Bonchev–Trinajstić information content (AvgIpc) is 3.23. The Bertz CT molecular complexity index is 1000. The van der Waals surface area contributed by atoms with Gasteiger partial charge in [-0.05, 0) is 44.5 Å². The molecule has 3 aromatic heterocycles. The lowest BCUT2D eigenvalue weighted by Crippen LogP contribution is -2.40. The number of fused-ring (bicyclic) bond motifs is 1. The normalized spacial score (nSPS) is 20.5. The van der Waals surface area contributed by atoms with E-state index < -0.39 is 11.6 Å². The van der Waals surface area contributed by atoms with Gasteiger partial charge >= 0.3 is 6.03 Å². The summed E-state index contributed by atoms with van der Waals surface area (Å²) in [6.45, 7) is 5.40. The van der Waals surface area contributed by atoms with Crippen molar-refractivity contribution in [2.75, 3.05) is 0 Å². The van der Waals surface area contributed by atoms with Crippen molar-refractivity contribution in [1.29, 1.82) is 0 Å². The minimum absolute atomic E-state index is 0.0374. The molecule has 3 aromatic rings. The molecule has 1 saturated heterocycles. The summed E-state index contributed by atoms with van der Waals surface area (Å²) in [6.07, 6.45) is 1.67. The molecule has 1 atom stereocenters. The van der Waals surface area contributed by atoms with Gasteiger partial charge in [0.05, 0.1) is 12.1 Å². The van der Waals surface area contributed by atoms with E-state index in [-0.39, 0.29) is 12.5 Å². The minimum Gasteiger partial charge on any atom is -0.463 e. The second kappa shape index (κ2) is 5.17. The number of urea groups is 1. The molecule has 8 heteroatoms. The molecule has 0 aromatic carbocycles. The first-order chi connectivity index (χ1) is 11.9. The third kappa shape index (κ3) is 2.29. The molecule has 1 fully saturated rings. The fraction of sp³-hybridized carbons (Fsp3) is 0.294. The number of imidazole rings is 1. The van der Waals surface area contributed by atoms with Gasteiger partial charge in [-0.2, -0.15) is 0 Å². The number of nitrogens with one attached hydrogen (secondary N) is 2. The number of hydrogen-bond donors (Lipinski definition) is 2. The van der Waals surface area contributed by atoms with Gasteiger partial charge in [0.2, 0.25) is 0 Å². The highest BCUT2D eigenvalue weighted by molar-refractivity contribution is 6.06. The van der Waals surface area contributed by atoms with Gasteiger partial charge in [0.15, 0.2) is 11.2 Å². The highest BCUT2D eigenvalue weighted by Gasteiger charge is 2.51. The first-order valence-corrected chi connectivity index (χ1v) is 7.90. The van der Waals surface area contributed by atoms with Crippen molar-refractivity contribution < 1.29 is 14.0 Å². The summed E-state index contributed by atoms with van der Waals surface area (Å²) in [5, 5.41) is 2.71. The Kier molecular flexibility index (Phi) is 3.18. The Balaban J connectivity index is 1.65. The van der Waals surface area contributed by atoms with E-state index in [1.54, 1.807) is 32.2 Å². The smallest absolute Gasteiger partial charge is 0.325 e. The number of carbonyl (C=O) groups is 2. The lowest BCUT2D eigenvalue weighted by molar-refractivity contribution is -0.132. The fourth-order valence-electron chi connectivity index (χ4n) is 3.02. The molecule has 8 nitrogen and oxygen atoms in total. The summed E-state index contributed by atoms with van der Waals surface area (Å²) in [5.74, 6) is 1.21. The maximum Gasteiger partial charge on any atom is 0.325 e. The van der Waals surface area contributed by atoms with Gasteiger partial charge < -0.3 is 14.7 Å². The lowest BCUT2D eigenvalue weighted by atomic mass is 9.99. The van der Waals surface area contributed by atoms with Gasteiger partial charge in [-0.3, -0.25) is 9.69 Å². The van der Waals surface area contributed by atoms with Crippen molar-refractivity contribution in [2.45, 2.75) is 32.9 Å². The summed E-state index contributed by atoms with van der Waals surface area (Å²) >= 11 is 0. The molecule has 25 heavy (non-hydrogen) atoms. The summed E-state index contributed by atoms with van der Waals surface area (Å²) in [7, 11) is 0. The zero-order valence-electron chi connectivity index (χ0n) is 14.1. The zero-order chi connectivity index (χ0) is 17.8. The van der Waals surface area contributed by atoms with Crippen molar-refractivity contribution in [3.05, 3.63) is 47.3 Å². The number of H-pyrrole nitrogens is 1. The van der Waals surface area contributed by atoms with Crippen LogP contribution in [0.1, 0.15) is 29.8 Å². The highest BCUT2D eigenvalue weighted by Crippen LogP contribution is 2.30. The van der Waals surface area contributed by atoms with Crippen LogP contribution in [0.2, 0.25) is 0 Å². The van der Waals surface area contributed by atoms with Gasteiger partial charge in [0, 0.05) is 6.20 Å². The second-order valence-electron chi connectivity index (χ2n) is 6.37. The van der Waals surface area contributed by atoms with Crippen LogP contribution < -0.4 is 5.32 Å². The van der Waals surface area contributed by atoms with Crippen LogP contribution in [0.3, 0.4) is 0 Å². The number of carbonyl (C=O) groups excluding carboxylic acids is 2. The van der Waals surface area contributed by atoms with Gasteiger partial charge in [0.1, 0.15) is 17.3 Å². The number of imide groups is 1. The summed E-state index contributed by atoms with van der Waals surface area (Å²) in [4.78, 5) is 38.0. The van der Waals surface area contributed by atoms with E-state index in [1.165, 1.54) is 0 Å². The number of aromatic nitrogens is 3. The topological polar surface area (TPSA) is 104 Å². The molecule has 128 valence electrons. The number of rotatable bonds is 3. The van der Waals surface area contributed by atoms with Crippen LogP contribution in [0, 0.1) is 13.8 Å². The number of amides is 3. The van der Waals surface area contributed by atoms with Crippen molar-refractivity contribution in [3.63, 3.8) is 0 Å². The van der Waals surface area contributed by atoms with Crippen molar-refractivity contribution in [2.24, 2.45) is 0 Å². The van der Waals surface area contributed by atoms with Gasteiger partial charge in [-0.15, -0.1) is 0 Å². The number of aryl methyl sites for hydroxylation is 2.